The standard InChI is InChI=1S/C15H18N2O3S/c1-10-8-14(20-17-10)9-21-11(2)15(18)16-12-4-6-13(19-3)7-5-12/h4-8,11H,9H2,1-3H3,(H,16,18)/t11-/m0/s1. The summed E-state index contributed by atoms with van der Waals surface area (Å²) in [6.07, 6.45) is 0. The molecule has 0 radical (unpaired) electrons. The van der Waals surface area contributed by atoms with Crippen LogP contribution in [0.15, 0.2) is 34.9 Å². The van der Waals surface area contributed by atoms with Gasteiger partial charge < -0.3 is 14.6 Å². The predicted molar refractivity (Wildman–Crippen MR) is 83.6 cm³/mol. The first-order valence-electron chi connectivity index (χ1n) is 6.57. The molecule has 1 N–H and O–H groups in total. The summed E-state index contributed by atoms with van der Waals surface area (Å²) in [5, 5.41) is 6.51. The Morgan fingerprint density at radius 3 is 2.71 bits per heavy atom. The Balaban J connectivity index is 1.83. The number of anilines is 1. The molecule has 1 atom stereocenters. The highest BCUT2D eigenvalue weighted by atomic mass is 32.2. The molecule has 2 aromatic rings. The maximum atomic E-state index is 12.1. The van der Waals surface area contributed by atoms with Gasteiger partial charge in [0, 0.05) is 11.8 Å². The van der Waals surface area contributed by atoms with Crippen LogP contribution in [0.5, 0.6) is 5.75 Å². The number of ether oxygens (including phenoxy) is 1. The number of methoxy groups -OCH3 is 1. The Morgan fingerprint density at radius 2 is 2.14 bits per heavy atom. The molecule has 0 saturated heterocycles. The van der Waals surface area contributed by atoms with E-state index in [1.807, 2.05) is 44.2 Å². The highest BCUT2D eigenvalue weighted by Crippen LogP contribution is 2.20. The van der Waals surface area contributed by atoms with E-state index in [9.17, 15) is 4.79 Å². The molecular formula is C15H18N2O3S. The second kappa shape index (κ2) is 7.17. The van der Waals surface area contributed by atoms with Crippen molar-refractivity contribution in [3.63, 3.8) is 0 Å². The smallest absolute Gasteiger partial charge is 0.237 e. The van der Waals surface area contributed by atoms with Gasteiger partial charge in [-0.15, -0.1) is 11.8 Å². The van der Waals surface area contributed by atoms with E-state index in [4.69, 9.17) is 9.26 Å². The number of aryl methyl sites for hydroxylation is 1. The number of nitrogens with one attached hydrogen (secondary N) is 1. The average molecular weight is 306 g/mol. The molecule has 5 nitrogen and oxygen atoms in total. The summed E-state index contributed by atoms with van der Waals surface area (Å²) in [4.78, 5) is 12.1. The first kappa shape index (κ1) is 15.4. The first-order chi connectivity index (χ1) is 10.1. The van der Waals surface area contributed by atoms with Crippen LogP contribution in [0.3, 0.4) is 0 Å². The topological polar surface area (TPSA) is 64.4 Å². The monoisotopic (exact) mass is 306 g/mol. The quantitative estimate of drug-likeness (QED) is 0.887. The molecule has 112 valence electrons. The van der Waals surface area contributed by atoms with Crippen molar-refractivity contribution in [3.05, 3.63) is 41.8 Å². The lowest BCUT2D eigenvalue weighted by molar-refractivity contribution is -0.115. The summed E-state index contributed by atoms with van der Waals surface area (Å²) in [7, 11) is 1.61. The van der Waals surface area contributed by atoms with E-state index in [1.165, 1.54) is 11.8 Å². The maximum absolute atomic E-state index is 12.1. The predicted octanol–water partition coefficient (Wildman–Crippen LogP) is 3.25. The van der Waals surface area contributed by atoms with Crippen LogP contribution in [0.4, 0.5) is 5.69 Å². The number of benzene rings is 1. The van der Waals surface area contributed by atoms with Gasteiger partial charge in [-0.05, 0) is 38.1 Å². The van der Waals surface area contributed by atoms with Crippen LogP contribution < -0.4 is 10.1 Å². The third-order valence-electron chi connectivity index (χ3n) is 2.88. The third kappa shape index (κ3) is 4.53. The zero-order valence-electron chi connectivity index (χ0n) is 12.3. The summed E-state index contributed by atoms with van der Waals surface area (Å²) >= 11 is 1.51. The summed E-state index contributed by atoms with van der Waals surface area (Å²) in [6.45, 7) is 3.74. The molecule has 21 heavy (non-hydrogen) atoms. The minimum atomic E-state index is -0.183. The van der Waals surface area contributed by atoms with E-state index in [0.717, 1.165) is 22.9 Å². The molecule has 0 bridgehead atoms. The van der Waals surface area contributed by atoms with Crippen LogP contribution in [0.25, 0.3) is 0 Å². The molecule has 1 amide bonds. The minimum absolute atomic E-state index is 0.0404. The Morgan fingerprint density at radius 1 is 1.43 bits per heavy atom. The Bertz CT molecular complexity index is 595. The molecular weight excluding hydrogens is 288 g/mol. The number of carbonyl (C=O) groups excluding carboxylic acids is 1. The molecule has 0 aliphatic heterocycles. The van der Waals surface area contributed by atoms with Crippen molar-refractivity contribution in [2.45, 2.75) is 24.9 Å². The second-order valence-electron chi connectivity index (χ2n) is 4.61. The van der Waals surface area contributed by atoms with E-state index in [2.05, 4.69) is 10.5 Å². The summed E-state index contributed by atoms with van der Waals surface area (Å²) in [5.74, 6) is 2.12. The van der Waals surface area contributed by atoms with Gasteiger partial charge in [-0.3, -0.25) is 4.79 Å². The summed E-state index contributed by atoms with van der Waals surface area (Å²) in [5.41, 5.74) is 1.60. The van der Waals surface area contributed by atoms with Crippen molar-refractivity contribution in [3.8, 4) is 5.75 Å². The Kier molecular flexibility index (Phi) is 5.27. The average Bonchev–Trinajstić information content (AvgIpc) is 2.91. The number of rotatable bonds is 6. The van der Waals surface area contributed by atoms with Crippen molar-refractivity contribution < 1.29 is 14.1 Å². The Hall–Kier alpha value is -1.95. The van der Waals surface area contributed by atoms with E-state index < -0.39 is 0 Å². The van der Waals surface area contributed by atoms with E-state index >= 15 is 0 Å². The molecule has 6 heteroatoms. The van der Waals surface area contributed by atoms with Gasteiger partial charge in [0.25, 0.3) is 0 Å². The lowest BCUT2D eigenvalue weighted by atomic mass is 10.3. The van der Waals surface area contributed by atoms with Crippen molar-refractivity contribution >= 4 is 23.4 Å². The molecule has 0 fully saturated rings. The van der Waals surface area contributed by atoms with Gasteiger partial charge >= 0.3 is 0 Å². The molecule has 0 saturated carbocycles. The molecule has 1 heterocycles. The zero-order valence-corrected chi connectivity index (χ0v) is 13.1. The molecule has 0 aliphatic carbocycles. The highest BCUT2D eigenvalue weighted by molar-refractivity contribution is 7.99. The van der Waals surface area contributed by atoms with Gasteiger partial charge in [-0.1, -0.05) is 5.16 Å². The molecule has 0 spiro atoms. The fourth-order valence-electron chi connectivity index (χ4n) is 1.69. The first-order valence-corrected chi connectivity index (χ1v) is 7.62. The molecule has 0 unspecified atom stereocenters. The van der Waals surface area contributed by atoms with Crippen LogP contribution in [0, 0.1) is 6.92 Å². The fraction of sp³-hybridized carbons (Fsp3) is 0.333. The van der Waals surface area contributed by atoms with Crippen LogP contribution in [0.1, 0.15) is 18.4 Å². The van der Waals surface area contributed by atoms with E-state index in [0.29, 0.717) is 5.75 Å². The van der Waals surface area contributed by atoms with E-state index in [-0.39, 0.29) is 11.2 Å². The van der Waals surface area contributed by atoms with Gasteiger partial charge in [0.15, 0.2) is 0 Å². The van der Waals surface area contributed by atoms with Crippen molar-refractivity contribution in [1.29, 1.82) is 0 Å². The van der Waals surface area contributed by atoms with Gasteiger partial charge in [0.05, 0.1) is 23.8 Å². The lowest BCUT2D eigenvalue weighted by Crippen LogP contribution is -2.22. The summed E-state index contributed by atoms with van der Waals surface area (Å²) < 4.78 is 10.2. The SMILES string of the molecule is COc1ccc(NC(=O)[C@H](C)SCc2cc(C)no2)cc1. The second-order valence-corrected chi connectivity index (χ2v) is 5.93. The van der Waals surface area contributed by atoms with Gasteiger partial charge in [0.1, 0.15) is 11.5 Å². The lowest BCUT2D eigenvalue weighted by Gasteiger charge is -2.11. The number of nitrogens with zero attached hydrogens (tertiary/aromatic N) is 1. The number of thioether (sulfide) groups is 1. The zero-order chi connectivity index (χ0) is 15.2. The normalized spacial score (nSPS) is 12.0. The maximum Gasteiger partial charge on any atom is 0.237 e. The van der Waals surface area contributed by atoms with Crippen molar-refractivity contribution in [2.24, 2.45) is 0 Å². The van der Waals surface area contributed by atoms with Crippen LogP contribution in [0.2, 0.25) is 0 Å². The van der Waals surface area contributed by atoms with Gasteiger partial charge in [-0.25, -0.2) is 0 Å². The molecule has 1 aromatic heterocycles. The summed E-state index contributed by atoms with van der Waals surface area (Å²) in [6, 6.07) is 9.12. The van der Waals surface area contributed by atoms with Crippen molar-refractivity contribution in [1.82, 2.24) is 5.16 Å². The van der Waals surface area contributed by atoms with Crippen LogP contribution in [-0.2, 0) is 10.5 Å². The number of amides is 1. The fourth-order valence-corrected chi connectivity index (χ4v) is 2.45. The third-order valence-corrected chi connectivity index (χ3v) is 4.04. The molecule has 1 aromatic carbocycles. The van der Waals surface area contributed by atoms with E-state index in [1.54, 1.807) is 7.11 Å². The van der Waals surface area contributed by atoms with Crippen LogP contribution in [-0.4, -0.2) is 23.4 Å². The largest absolute Gasteiger partial charge is 0.497 e. The molecule has 0 aliphatic rings. The minimum Gasteiger partial charge on any atom is -0.497 e. The van der Waals surface area contributed by atoms with Gasteiger partial charge in [0.2, 0.25) is 5.91 Å². The van der Waals surface area contributed by atoms with Gasteiger partial charge in [-0.2, -0.15) is 0 Å². The van der Waals surface area contributed by atoms with Crippen LogP contribution >= 0.6 is 11.8 Å². The highest BCUT2D eigenvalue weighted by Gasteiger charge is 2.15. The van der Waals surface area contributed by atoms with Crippen molar-refractivity contribution in [2.75, 3.05) is 12.4 Å². The number of hydrogen-bond acceptors (Lipinski definition) is 5. The Labute approximate surface area is 128 Å². The molecule has 2 rings (SSSR count). The number of carbonyl (C=O) groups is 1. The number of aromatic nitrogens is 1. The number of hydrogen-bond donors (Lipinski definition) is 1.